The Balaban J connectivity index is 0.000000921. The first-order chi connectivity index (χ1) is 7.09. The zero-order valence-electron chi connectivity index (χ0n) is 9.88. The maximum Gasteiger partial charge on any atom is 0.149 e. The lowest BCUT2D eigenvalue weighted by Gasteiger charge is -2.08. The van der Waals surface area contributed by atoms with E-state index in [4.69, 9.17) is 10.5 Å². The lowest BCUT2D eigenvalue weighted by Crippen LogP contribution is -2.04. The Morgan fingerprint density at radius 1 is 1.33 bits per heavy atom. The fourth-order valence-electron chi connectivity index (χ4n) is 0.861. The minimum atomic E-state index is -0.429. The third-order valence-electron chi connectivity index (χ3n) is 1.56. The van der Waals surface area contributed by atoms with Crippen LogP contribution in [0.2, 0.25) is 0 Å². The van der Waals surface area contributed by atoms with Gasteiger partial charge in [0.2, 0.25) is 0 Å². The van der Waals surface area contributed by atoms with Crippen molar-refractivity contribution in [2.24, 2.45) is 5.92 Å². The third kappa shape index (κ3) is 5.25. The van der Waals surface area contributed by atoms with Crippen LogP contribution in [0.3, 0.4) is 0 Å². The van der Waals surface area contributed by atoms with Gasteiger partial charge in [0.05, 0.1) is 12.3 Å². The lowest BCUT2D eigenvalue weighted by molar-refractivity contribution is 0.270. The number of rotatable bonds is 3. The van der Waals surface area contributed by atoms with Crippen molar-refractivity contribution < 1.29 is 9.13 Å². The van der Waals surface area contributed by atoms with Crippen LogP contribution in [-0.4, -0.2) is 6.61 Å². The Kier molecular flexibility index (Phi) is 6.50. The summed E-state index contributed by atoms with van der Waals surface area (Å²) < 4.78 is 18.2. The van der Waals surface area contributed by atoms with Crippen LogP contribution in [0.25, 0.3) is 0 Å². The van der Waals surface area contributed by atoms with Gasteiger partial charge < -0.3 is 10.5 Å². The van der Waals surface area contributed by atoms with Crippen molar-refractivity contribution in [2.45, 2.75) is 27.7 Å². The van der Waals surface area contributed by atoms with Crippen LogP contribution >= 0.6 is 0 Å². The highest BCUT2D eigenvalue weighted by atomic mass is 19.1. The summed E-state index contributed by atoms with van der Waals surface area (Å²) in [5.74, 6) is 0.530. The third-order valence-corrected chi connectivity index (χ3v) is 1.56. The van der Waals surface area contributed by atoms with Crippen LogP contribution in [-0.2, 0) is 0 Å². The molecule has 0 unspecified atom stereocenters. The van der Waals surface area contributed by atoms with Gasteiger partial charge in [-0.1, -0.05) is 27.7 Å². The van der Waals surface area contributed by atoms with Crippen molar-refractivity contribution in [3.63, 3.8) is 0 Å². The van der Waals surface area contributed by atoms with Gasteiger partial charge in [-0.15, -0.1) is 0 Å². The number of anilines is 1. The number of halogens is 1. The molecule has 2 nitrogen and oxygen atoms in total. The quantitative estimate of drug-likeness (QED) is 0.780. The first-order valence-corrected chi connectivity index (χ1v) is 5.27. The second-order valence-electron chi connectivity index (χ2n) is 3.39. The molecule has 0 fully saturated rings. The van der Waals surface area contributed by atoms with E-state index in [1.165, 1.54) is 12.1 Å². The van der Waals surface area contributed by atoms with Crippen molar-refractivity contribution in [2.75, 3.05) is 12.3 Å². The van der Waals surface area contributed by atoms with Crippen molar-refractivity contribution in [1.82, 2.24) is 0 Å². The first-order valence-electron chi connectivity index (χ1n) is 5.27. The largest absolute Gasteiger partial charge is 0.493 e. The van der Waals surface area contributed by atoms with Crippen molar-refractivity contribution >= 4 is 5.69 Å². The number of hydrogen-bond donors (Lipinski definition) is 1. The van der Waals surface area contributed by atoms with Gasteiger partial charge in [-0.2, -0.15) is 0 Å². The van der Waals surface area contributed by atoms with Gasteiger partial charge in [-0.25, -0.2) is 4.39 Å². The molecule has 15 heavy (non-hydrogen) atoms. The molecule has 0 aromatic heterocycles. The minimum Gasteiger partial charge on any atom is -0.493 e. The zero-order valence-corrected chi connectivity index (χ0v) is 9.88. The molecule has 0 spiro atoms. The summed E-state index contributed by atoms with van der Waals surface area (Å²) in [5.41, 5.74) is 5.46. The zero-order chi connectivity index (χ0) is 11.8. The smallest absolute Gasteiger partial charge is 0.149 e. The van der Waals surface area contributed by atoms with Crippen LogP contribution < -0.4 is 10.5 Å². The maximum atomic E-state index is 12.9. The van der Waals surface area contributed by atoms with Gasteiger partial charge in [0.15, 0.2) is 0 Å². The van der Waals surface area contributed by atoms with E-state index in [0.717, 1.165) is 0 Å². The molecule has 0 bridgehead atoms. The summed E-state index contributed by atoms with van der Waals surface area (Å²) in [6.07, 6.45) is 0. The highest BCUT2D eigenvalue weighted by Crippen LogP contribution is 2.18. The molecule has 1 rings (SSSR count). The molecule has 3 heteroatoms. The van der Waals surface area contributed by atoms with E-state index in [1.54, 1.807) is 6.07 Å². The Labute approximate surface area is 91.2 Å². The summed E-state index contributed by atoms with van der Waals surface area (Å²) in [6, 6.07) is 4.48. The Morgan fingerprint density at radius 2 is 1.93 bits per heavy atom. The van der Waals surface area contributed by atoms with Crippen molar-refractivity contribution in [3.05, 3.63) is 24.0 Å². The Hall–Kier alpha value is -1.25. The number of nitrogens with two attached hydrogens (primary N) is 1. The predicted molar refractivity (Wildman–Crippen MR) is 62.5 cm³/mol. The van der Waals surface area contributed by atoms with Crippen LogP contribution in [0.15, 0.2) is 18.2 Å². The minimum absolute atomic E-state index is 0.150. The highest BCUT2D eigenvalue weighted by Gasteiger charge is 2.01. The molecule has 0 atom stereocenters. The van der Waals surface area contributed by atoms with Crippen LogP contribution in [0.1, 0.15) is 27.7 Å². The van der Waals surface area contributed by atoms with Crippen molar-refractivity contribution in [1.29, 1.82) is 0 Å². The van der Waals surface area contributed by atoms with E-state index in [9.17, 15) is 4.39 Å². The van der Waals surface area contributed by atoms with Gasteiger partial charge in [0, 0.05) is 6.07 Å². The molecule has 0 aliphatic heterocycles. The van der Waals surface area contributed by atoms with E-state index >= 15 is 0 Å². The molecule has 0 aliphatic rings. The fourth-order valence-corrected chi connectivity index (χ4v) is 0.861. The monoisotopic (exact) mass is 213 g/mol. The predicted octanol–water partition coefficient (Wildman–Crippen LogP) is 3.47. The summed E-state index contributed by atoms with van der Waals surface area (Å²) in [7, 11) is 0. The SMILES string of the molecule is CC.CC(C)COc1ccc(N)c(F)c1. The Bertz CT molecular complexity index is 287. The average Bonchev–Trinajstić information content (AvgIpc) is 2.23. The molecule has 0 amide bonds. The molecular formula is C12H20FNO. The second kappa shape index (κ2) is 7.10. The topological polar surface area (TPSA) is 35.2 Å². The number of hydrogen-bond acceptors (Lipinski definition) is 2. The van der Waals surface area contributed by atoms with Crippen molar-refractivity contribution in [3.8, 4) is 5.75 Å². The normalized spacial score (nSPS) is 9.47. The highest BCUT2D eigenvalue weighted by molar-refractivity contribution is 5.43. The number of benzene rings is 1. The molecule has 0 heterocycles. The van der Waals surface area contributed by atoms with Gasteiger partial charge in [0.1, 0.15) is 11.6 Å². The standard InChI is InChI=1S/C10H14FNO.C2H6/c1-7(2)6-13-8-3-4-10(12)9(11)5-8;1-2/h3-5,7H,6,12H2,1-2H3;1-2H3. The van der Waals surface area contributed by atoms with E-state index < -0.39 is 5.82 Å². The van der Waals surface area contributed by atoms with E-state index in [-0.39, 0.29) is 5.69 Å². The molecule has 1 aromatic rings. The van der Waals surface area contributed by atoms with Gasteiger partial charge in [-0.05, 0) is 18.1 Å². The van der Waals surface area contributed by atoms with Gasteiger partial charge in [-0.3, -0.25) is 0 Å². The summed E-state index contributed by atoms with van der Waals surface area (Å²) >= 11 is 0. The first kappa shape index (κ1) is 13.8. The summed E-state index contributed by atoms with van der Waals surface area (Å²) in [4.78, 5) is 0. The molecule has 86 valence electrons. The lowest BCUT2D eigenvalue weighted by atomic mass is 10.2. The fraction of sp³-hybridized carbons (Fsp3) is 0.500. The molecule has 0 aliphatic carbocycles. The Morgan fingerprint density at radius 3 is 2.40 bits per heavy atom. The summed E-state index contributed by atoms with van der Waals surface area (Å²) in [5, 5.41) is 0. The molecular weight excluding hydrogens is 193 g/mol. The van der Waals surface area contributed by atoms with Gasteiger partial charge >= 0.3 is 0 Å². The number of nitrogen functional groups attached to an aromatic ring is 1. The van der Waals surface area contributed by atoms with Crippen LogP contribution in [0, 0.1) is 11.7 Å². The van der Waals surface area contributed by atoms with Crippen LogP contribution in [0.4, 0.5) is 10.1 Å². The molecule has 0 saturated carbocycles. The van der Waals surface area contributed by atoms with Crippen LogP contribution in [0.5, 0.6) is 5.75 Å². The maximum absolute atomic E-state index is 12.9. The van der Waals surface area contributed by atoms with E-state index in [1.807, 2.05) is 27.7 Å². The number of ether oxygens (including phenoxy) is 1. The second-order valence-corrected chi connectivity index (χ2v) is 3.39. The molecule has 0 radical (unpaired) electrons. The summed E-state index contributed by atoms with van der Waals surface area (Å²) in [6.45, 7) is 8.66. The average molecular weight is 213 g/mol. The van der Waals surface area contributed by atoms with E-state index in [0.29, 0.717) is 18.3 Å². The molecule has 2 N–H and O–H groups in total. The molecule has 0 saturated heterocycles. The van der Waals surface area contributed by atoms with E-state index in [2.05, 4.69) is 0 Å². The van der Waals surface area contributed by atoms with Gasteiger partial charge in [0.25, 0.3) is 0 Å². The molecule has 1 aromatic carbocycles.